The fraction of sp³-hybridized carbons (Fsp3) is 0.533. The van der Waals surface area contributed by atoms with E-state index in [0.717, 1.165) is 23.3 Å². The number of hydrogen-bond acceptors (Lipinski definition) is 3. The molecule has 0 bridgehead atoms. The van der Waals surface area contributed by atoms with Crippen LogP contribution >= 0.6 is 0 Å². The molecule has 0 aliphatic heterocycles. The molecule has 0 amide bonds. The molecule has 0 spiro atoms. The van der Waals surface area contributed by atoms with E-state index in [9.17, 15) is 5.11 Å². The van der Waals surface area contributed by atoms with Crippen LogP contribution in [0.25, 0.3) is 11.0 Å². The average molecular weight is 261 g/mol. The summed E-state index contributed by atoms with van der Waals surface area (Å²) in [6.45, 7) is 6.60. The minimum atomic E-state index is -0.0422. The van der Waals surface area contributed by atoms with Crippen LogP contribution in [0.1, 0.15) is 45.5 Å². The second-order valence-corrected chi connectivity index (χ2v) is 5.40. The van der Waals surface area contributed by atoms with Crippen molar-refractivity contribution in [3.8, 4) is 0 Å². The van der Waals surface area contributed by atoms with Gasteiger partial charge in [-0.25, -0.2) is 4.98 Å². The van der Waals surface area contributed by atoms with E-state index in [1.54, 1.807) is 0 Å². The molecule has 1 heterocycles. The van der Waals surface area contributed by atoms with Gasteiger partial charge in [0.05, 0.1) is 11.0 Å². The summed E-state index contributed by atoms with van der Waals surface area (Å²) in [6.07, 6.45) is 2.25. The molecule has 0 aliphatic carbocycles. The zero-order valence-electron chi connectivity index (χ0n) is 11.9. The topological polar surface area (TPSA) is 64.1 Å². The zero-order chi connectivity index (χ0) is 14.0. The van der Waals surface area contributed by atoms with Crippen LogP contribution in [0.4, 0.5) is 5.69 Å². The van der Waals surface area contributed by atoms with Crippen molar-refractivity contribution < 1.29 is 5.11 Å². The van der Waals surface area contributed by atoms with Crippen molar-refractivity contribution in [1.29, 1.82) is 0 Å². The maximum absolute atomic E-state index is 9.51. The standard InChI is InChI=1S/C15H23N3O/c1-4-10(2)7-11(3)18-14-6-5-12(16)8-13(14)17-15(18)9-19/h5-6,8,10-11,19H,4,7,9,16H2,1-3H3. The lowest BCUT2D eigenvalue weighted by Crippen LogP contribution is -2.12. The first-order chi connectivity index (χ1) is 9.06. The highest BCUT2D eigenvalue weighted by molar-refractivity contribution is 5.79. The van der Waals surface area contributed by atoms with Crippen LogP contribution in [-0.2, 0) is 6.61 Å². The normalized spacial score (nSPS) is 14.7. The van der Waals surface area contributed by atoms with Gasteiger partial charge in [-0.2, -0.15) is 0 Å². The van der Waals surface area contributed by atoms with Crippen LogP contribution in [0.3, 0.4) is 0 Å². The molecule has 4 heteroatoms. The molecule has 19 heavy (non-hydrogen) atoms. The van der Waals surface area contributed by atoms with E-state index < -0.39 is 0 Å². The smallest absolute Gasteiger partial charge is 0.135 e. The summed E-state index contributed by atoms with van der Waals surface area (Å²) in [6, 6.07) is 6.06. The molecule has 0 radical (unpaired) electrons. The molecule has 2 atom stereocenters. The monoisotopic (exact) mass is 261 g/mol. The van der Waals surface area contributed by atoms with Crippen molar-refractivity contribution in [3.05, 3.63) is 24.0 Å². The SMILES string of the molecule is CCC(C)CC(C)n1c(CO)nc2cc(N)ccc21. The second kappa shape index (κ2) is 5.61. The molecule has 0 fully saturated rings. The van der Waals surface area contributed by atoms with Gasteiger partial charge in [0.1, 0.15) is 12.4 Å². The highest BCUT2D eigenvalue weighted by atomic mass is 16.3. The van der Waals surface area contributed by atoms with E-state index in [4.69, 9.17) is 5.73 Å². The maximum Gasteiger partial charge on any atom is 0.135 e. The van der Waals surface area contributed by atoms with Gasteiger partial charge in [-0.1, -0.05) is 20.3 Å². The number of anilines is 1. The van der Waals surface area contributed by atoms with Gasteiger partial charge >= 0.3 is 0 Å². The van der Waals surface area contributed by atoms with Crippen molar-refractivity contribution in [1.82, 2.24) is 9.55 Å². The number of nitrogens with two attached hydrogens (primary N) is 1. The van der Waals surface area contributed by atoms with Gasteiger partial charge in [-0.3, -0.25) is 0 Å². The van der Waals surface area contributed by atoms with Gasteiger partial charge in [-0.05, 0) is 37.5 Å². The lowest BCUT2D eigenvalue weighted by atomic mass is 10.00. The van der Waals surface area contributed by atoms with Crippen LogP contribution in [0, 0.1) is 5.92 Å². The Labute approximate surface area is 114 Å². The first kappa shape index (κ1) is 13.9. The highest BCUT2D eigenvalue weighted by Crippen LogP contribution is 2.27. The van der Waals surface area contributed by atoms with Crippen LogP contribution in [0.15, 0.2) is 18.2 Å². The molecule has 0 saturated carbocycles. The van der Waals surface area contributed by atoms with Crippen LogP contribution < -0.4 is 5.73 Å². The van der Waals surface area contributed by atoms with Crippen molar-refractivity contribution >= 4 is 16.7 Å². The summed E-state index contributed by atoms with van der Waals surface area (Å²) in [7, 11) is 0. The van der Waals surface area contributed by atoms with E-state index in [1.807, 2.05) is 18.2 Å². The third-order valence-electron chi connectivity index (χ3n) is 3.81. The number of imidazole rings is 1. The van der Waals surface area contributed by atoms with Crippen molar-refractivity contribution in [2.45, 2.75) is 46.3 Å². The molecule has 2 unspecified atom stereocenters. The zero-order valence-corrected chi connectivity index (χ0v) is 11.9. The molecule has 2 aromatic rings. The molecular weight excluding hydrogens is 238 g/mol. The molecule has 0 saturated heterocycles. The van der Waals surface area contributed by atoms with Gasteiger partial charge in [0, 0.05) is 11.7 Å². The minimum absolute atomic E-state index is 0.0422. The first-order valence-corrected chi connectivity index (χ1v) is 6.94. The van der Waals surface area contributed by atoms with Crippen LogP contribution in [0.2, 0.25) is 0 Å². The predicted molar refractivity (Wildman–Crippen MR) is 78.9 cm³/mol. The molecule has 2 rings (SSSR count). The van der Waals surface area contributed by atoms with E-state index >= 15 is 0 Å². The Balaban J connectivity index is 2.45. The Kier molecular flexibility index (Phi) is 4.10. The summed E-state index contributed by atoms with van der Waals surface area (Å²) < 4.78 is 2.14. The second-order valence-electron chi connectivity index (χ2n) is 5.40. The van der Waals surface area contributed by atoms with Gasteiger partial charge in [0.15, 0.2) is 0 Å². The Bertz CT molecular complexity index is 562. The van der Waals surface area contributed by atoms with Crippen molar-refractivity contribution in [2.24, 2.45) is 5.92 Å². The molecule has 0 aliphatic rings. The molecule has 4 nitrogen and oxygen atoms in total. The lowest BCUT2D eigenvalue weighted by molar-refractivity contribution is 0.258. The Morgan fingerprint density at radius 1 is 1.37 bits per heavy atom. The summed E-state index contributed by atoms with van der Waals surface area (Å²) in [4.78, 5) is 4.48. The summed E-state index contributed by atoms with van der Waals surface area (Å²) >= 11 is 0. The van der Waals surface area contributed by atoms with Crippen LogP contribution in [-0.4, -0.2) is 14.7 Å². The van der Waals surface area contributed by atoms with Crippen LogP contribution in [0.5, 0.6) is 0 Å². The Hall–Kier alpha value is -1.55. The lowest BCUT2D eigenvalue weighted by Gasteiger charge is -2.20. The number of aliphatic hydroxyl groups excluding tert-OH is 1. The number of nitrogen functional groups attached to an aromatic ring is 1. The predicted octanol–water partition coefficient (Wildman–Crippen LogP) is 3.11. The summed E-state index contributed by atoms with van der Waals surface area (Å²) in [5.74, 6) is 1.38. The Morgan fingerprint density at radius 3 is 2.74 bits per heavy atom. The third-order valence-corrected chi connectivity index (χ3v) is 3.81. The average Bonchev–Trinajstić information content (AvgIpc) is 2.75. The number of rotatable bonds is 5. The van der Waals surface area contributed by atoms with Crippen molar-refractivity contribution in [2.75, 3.05) is 5.73 Å². The molecule has 104 valence electrons. The highest BCUT2D eigenvalue weighted by Gasteiger charge is 2.17. The maximum atomic E-state index is 9.51. The van der Waals surface area contributed by atoms with Gasteiger partial charge < -0.3 is 15.4 Å². The Morgan fingerprint density at radius 2 is 2.11 bits per heavy atom. The largest absolute Gasteiger partial charge is 0.399 e. The number of benzene rings is 1. The number of aromatic nitrogens is 2. The fourth-order valence-corrected chi connectivity index (χ4v) is 2.62. The number of aliphatic hydroxyl groups is 1. The van der Waals surface area contributed by atoms with Crippen molar-refractivity contribution in [3.63, 3.8) is 0 Å². The van der Waals surface area contributed by atoms with Gasteiger partial charge in [-0.15, -0.1) is 0 Å². The fourth-order valence-electron chi connectivity index (χ4n) is 2.62. The molecule has 3 N–H and O–H groups in total. The first-order valence-electron chi connectivity index (χ1n) is 6.94. The minimum Gasteiger partial charge on any atom is -0.399 e. The van der Waals surface area contributed by atoms with E-state index in [0.29, 0.717) is 17.6 Å². The van der Waals surface area contributed by atoms with E-state index in [2.05, 4.69) is 30.3 Å². The molecule has 1 aromatic heterocycles. The molecular formula is C15H23N3O. The number of fused-ring (bicyclic) bond motifs is 1. The molecule has 1 aromatic carbocycles. The number of nitrogens with zero attached hydrogens (tertiary/aromatic N) is 2. The summed E-state index contributed by atoms with van der Waals surface area (Å²) in [5, 5.41) is 9.51. The summed E-state index contributed by atoms with van der Waals surface area (Å²) in [5.41, 5.74) is 8.41. The number of hydrogen-bond donors (Lipinski definition) is 2. The quantitative estimate of drug-likeness (QED) is 0.813. The third kappa shape index (κ3) is 2.73. The van der Waals surface area contributed by atoms with E-state index in [-0.39, 0.29) is 6.61 Å². The van der Waals surface area contributed by atoms with Gasteiger partial charge in [0.2, 0.25) is 0 Å². The van der Waals surface area contributed by atoms with E-state index in [1.165, 1.54) is 6.42 Å². The van der Waals surface area contributed by atoms with Gasteiger partial charge in [0.25, 0.3) is 0 Å².